The lowest BCUT2D eigenvalue weighted by molar-refractivity contribution is 0.499. The molecule has 0 atom stereocenters. The zero-order valence-corrected chi connectivity index (χ0v) is 17.7. The van der Waals surface area contributed by atoms with Crippen molar-refractivity contribution < 1.29 is 13.7 Å². The van der Waals surface area contributed by atoms with E-state index in [4.69, 9.17) is 25.1 Å². The van der Waals surface area contributed by atoms with E-state index in [2.05, 4.69) is 9.97 Å². The predicted octanol–water partition coefficient (Wildman–Crippen LogP) is 3.54. The summed E-state index contributed by atoms with van der Waals surface area (Å²) in [6, 6.07) is 1.54. The van der Waals surface area contributed by atoms with Gasteiger partial charge < -0.3 is 4.52 Å². The van der Waals surface area contributed by atoms with Crippen LogP contribution in [0, 0.1) is 0 Å². The van der Waals surface area contributed by atoms with E-state index in [-0.39, 0.29) is 11.0 Å². The predicted molar refractivity (Wildman–Crippen MR) is 105 cm³/mol. The minimum atomic E-state index is -3.37. The molecule has 0 spiro atoms. The summed E-state index contributed by atoms with van der Waals surface area (Å²) in [6.07, 6.45) is 1.46. The van der Waals surface area contributed by atoms with Gasteiger partial charge in [0.15, 0.2) is 5.16 Å². The Hall–Kier alpha value is 0.930. The molecule has 23 heavy (non-hydrogen) atoms. The van der Waals surface area contributed by atoms with Gasteiger partial charge in [0.25, 0.3) is 4.75 Å². The molecule has 1 rings (SSSR count). The molecule has 9 nitrogen and oxygen atoms in total. The Balaban J connectivity index is 3.17. The topological polar surface area (TPSA) is 173 Å². The van der Waals surface area contributed by atoms with Gasteiger partial charge in [-0.1, -0.05) is 13.3 Å². The first-order valence-corrected chi connectivity index (χ1v) is 16.5. The molecule has 0 aliphatic carbocycles. The quantitative estimate of drug-likeness (QED) is 0.229. The van der Waals surface area contributed by atoms with E-state index >= 15 is 0 Å². The smallest absolute Gasteiger partial charge is 0.389 e. The lowest BCUT2D eigenvalue weighted by Crippen LogP contribution is -2.00. The minimum absolute atomic E-state index is 0.0424. The van der Waals surface area contributed by atoms with E-state index in [1.807, 2.05) is 6.92 Å². The van der Waals surface area contributed by atoms with Crippen LogP contribution in [0.25, 0.3) is 0 Å². The summed E-state index contributed by atoms with van der Waals surface area (Å²) in [4.78, 5) is 8.37. The second kappa shape index (κ2) is 10.2. The van der Waals surface area contributed by atoms with Crippen molar-refractivity contribution in [2.24, 2.45) is 20.6 Å². The molecule has 0 aromatic carbocycles. The molecule has 0 bridgehead atoms. The van der Waals surface area contributed by atoms with E-state index in [0.29, 0.717) is 58.4 Å². The summed E-state index contributed by atoms with van der Waals surface area (Å²) >= 11 is 3.17. The van der Waals surface area contributed by atoms with Gasteiger partial charge in [0.2, 0.25) is 5.88 Å². The first-order chi connectivity index (χ1) is 10.8. The highest BCUT2D eigenvalue weighted by molar-refractivity contribution is 9.14. The Morgan fingerprint density at radius 1 is 1.09 bits per heavy atom. The maximum absolute atomic E-state index is 12.3. The summed E-state index contributed by atoms with van der Waals surface area (Å²) < 4.78 is 26.8. The summed E-state index contributed by atoms with van der Waals surface area (Å²) in [6.45, 7) is 1.97. The normalized spacial score (nSPS) is 12.4. The number of hydrogen-bond acceptors (Lipinski definition) is 14. The molecule has 0 amide bonds. The number of aryl methyl sites for hydroxylation is 1. The molecule has 0 aliphatic rings. The molecule has 132 valence electrons. The second-order valence-electron chi connectivity index (χ2n) is 3.73. The molecular formula is C7H16N6O3P2S5. The fourth-order valence-corrected chi connectivity index (χ4v) is 7.34. The van der Waals surface area contributed by atoms with Gasteiger partial charge in [0.05, 0.1) is 0 Å². The van der Waals surface area contributed by atoms with Gasteiger partial charge >= 0.3 is 5.77 Å². The molecule has 1 heterocycles. The van der Waals surface area contributed by atoms with Crippen LogP contribution in [0.15, 0.2) is 11.2 Å². The third kappa shape index (κ3) is 6.98. The molecule has 0 radical (unpaired) electrons. The lowest BCUT2D eigenvalue weighted by Gasteiger charge is -2.15. The number of hydrogen-bond donors (Lipinski definition) is 4. The van der Waals surface area contributed by atoms with Crippen molar-refractivity contribution in [3.8, 4) is 5.88 Å². The highest BCUT2D eigenvalue weighted by atomic mass is 33.4. The van der Waals surface area contributed by atoms with Crippen molar-refractivity contribution >= 4 is 68.2 Å². The monoisotopic (exact) mass is 454 g/mol. The number of nitrogens with two attached hydrogens (primary N) is 4. The summed E-state index contributed by atoms with van der Waals surface area (Å²) in [5.74, 6) is -3.32. The largest absolute Gasteiger partial charge is 0.409 e. The van der Waals surface area contributed by atoms with E-state index in [9.17, 15) is 9.13 Å². The van der Waals surface area contributed by atoms with Crippen molar-refractivity contribution in [2.45, 2.75) is 24.9 Å². The minimum Gasteiger partial charge on any atom is -0.409 e. The first-order valence-electron chi connectivity index (χ1n) is 5.84. The second-order valence-corrected chi connectivity index (χ2v) is 20.5. The fourth-order valence-electron chi connectivity index (χ4n) is 1.27. The Labute approximate surface area is 154 Å². The third-order valence-electron chi connectivity index (χ3n) is 2.16. The zero-order valence-electron chi connectivity index (χ0n) is 11.9. The highest BCUT2D eigenvalue weighted by Gasteiger charge is 2.28. The standard InChI is InChI=1S/C7H16N6O3P2S5/c1-2-3-5-4-6(16-17(14,20-8)21-9)13-7(12-5)19-18(15,22-10)23-11/h4H,2-3,8-11H2,1H3. The molecular weight excluding hydrogens is 438 g/mol. The number of aromatic nitrogens is 2. The molecule has 16 heteroatoms. The Morgan fingerprint density at radius 3 is 2.17 bits per heavy atom. The van der Waals surface area contributed by atoms with Crippen molar-refractivity contribution in [1.82, 2.24) is 9.97 Å². The average Bonchev–Trinajstić information content (AvgIpc) is 2.54. The number of nitrogens with zero attached hydrogens (tertiary/aromatic N) is 2. The van der Waals surface area contributed by atoms with Crippen LogP contribution in [0.5, 0.6) is 5.88 Å². The summed E-state index contributed by atoms with van der Waals surface area (Å²) in [5.41, 5.74) is 0.645. The van der Waals surface area contributed by atoms with E-state index < -0.39 is 10.5 Å². The first kappa shape index (κ1) is 22.0. The average molecular weight is 455 g/mol. The van der Waals surface area contributed by atoms with E-state index in [1.54, 1.807) is 6.07 Å². The zero-order chi connectivity index (χ0) is 17.5. The third-order valence-corrected chi connectivity index (χ3v) is 14.9. The summed E-state index contributed by atoms with van der Waals surface area (Å²) in [7, 11) is 0. The molecule has 1 aromatic rings. The maximum atomic E-state index is 12.3. The Kier molecular flexibility index (Phi) is 9.71. The number of rotatable bonds is 10. The van der Waals surface area contributed by atoms with Gasteiger partial charge in [-0.3, -0.25) is 29.7 Å². The van der Waals surface area contributed by atoms with Crippen LogP contribution >= 0.6 is 68.2 Å². The highest BCUT2D eigenvalue weighted by Crippen LogP contribution is 2.75. The van der Waals surface area contributed by atoms with Crippen molar-refractivity contribution in [1.29, 1.82) is 0 Å². The van der Waals surface area contributed by atoms with Crippen molar-refractivity contribution in [3.05, 3.63) is 11.8 Å². The van der Waals surface area contributed by atoms with Gasteiger partial charge in [-0.25, -0.2) is 4.98 Å². The van der Waals surface area contributed by atoms with Gasteiger partial charge in [-0.2, -0.15) is 4.98 Å². The Bertz CT molecular complexity index is 562. The van der Waals surface area contributed by atoms with Gasteiger partial charge in [-0.15, -0.1) is 0 Å². The van der Waals surface area contributed by atoms with Crippen LogP contribution in [0.2, 0.25) is 0 Å². The van der Waals surface area contributed by atoms with Crippen molar-refractivity contribution in [2.75, 3.05) is 0 Å². The Morgan fingerprint density at radius 2 is 1.70 bits per heavy atom. The van der Waals surface area contributed by atoms with Crippen LogP contribution in [0.4, 0.5) is 0 Å². The molecule has 0 fully saturated rings. The van der Waals surface area contributed by atoms with Crippen LogP contribution in [-0.4, -0.2) is 9.97 Å². The van der Waals surface area contributed by atoms with Gasteiger partial charge in [-0.05, 0) is 6.42 Å². The molecule has 0 unspecified atom stereocenters. The summed E-state index contributed by atoms with van der Waals surface area (Å²) in [5, 5.41) is 21.7. The van der Waals surface area contributed by atoms with Gasteiger partial charge in [0.1, 0.15) is 0 Å². The molecule has 1 aromatic heterocycles. The molecule has 8 N–H and O–H groups in total. The van der Waals surface area contributed by atoms with Crippen LogP contribution in [-0.2, 0) is 15.6 Å². The van der Waals surface area contributed by atoms with E-state index in [0.717, 1.165) is 17.8 Å². The SMILES string of the molecule is CCCc1cc(OP(=O)(SN)SN)nc(SP(=O)(SN)SN)n1. The van der Waals surface area contributed by atoms with E-state index in [1.165, 1.54) is 0 Å². The lowest BCUT2D eigenvalue weighted by atomic mass is 10.2. The van der Waals surface area contributed by atoms with Crippen molar-refractivity contribution in [3.63, 3.8) is 0 Å². The van der Waals surface area contributed by atoms with Crippen LogP contribution in [0.3, 0.4) is 0 Å². The molecule has 0 saturated heterocycles. The van der Waals surface area contributed by atoms with Crippen LogP contribution in [0.1, 0.15) is 19.0 Å². The van der Waals surface area contributed by atoms with Gasteiger partial charge in [0, 0.05) is 69.4 Å². The maximum Gasteiger partial charge on any atom is 0.389 e. The molecule has 0 aliphatic heterocycles. The van der Waals surface area contributed by atoms with Crippen LogP contribution < -0.4 is 25.1 Å². The fraction of sp³-hybridized carbons (Fsp3) is 0.429. The molecule has 0 saturated carbocycles.